The van der Waals surface area contributed by atoms with Crippen LogP contribution >= 0.6 is 0 Å². The van der Waals surface area contributed by atoms with Crippen LogP contribution in [-0.4, -0.2) is 31.8 Å². The van der Waals surface area contributed by atoms with Crippen molar-refractivity contribution < 1.29 is 9.84 Å². The number of imidazole rings is 1. The van der Waals surface area contributed by atoms with E-state index in [0.717, 1.165) is 11.1 Å². The summed E-state index contributed by atoms with van der Waals surface area (Å²) in [5.41, 5.74) is 3.47. The fourth-order valence-electron chi connectivity index (χ4n) is 2.85. The standard InChI is InChI=1S/C19H16N4O2/c1-12-6-3-7-13(18(12)24)19-22-16(14-8-4-11-21-23(14)19)17-15(25-2)9-5-10-20-17/h3-11,24H,1-2H3. The number of hydrogen-bond donors (Lipinski definition) is 1. The summed E-state index contributed by atoms with van der Waals surface area (Å²) in [6, 6.07) is 13.0. The molecule has 0 amide bonds. The Kier molecular flexibility index (Phi) is 3.57. The Balaban J connectivity index is 2.04. The lowest BCUT2D eigenvalue weighted by Gasteiger charge is -2.05. The molecule has 4 rings (SSSR count). The number of aryl methyl sites for hydroxylation is 1. The number of pyridine rings is 1. The molecule has 3 aromatic heterocycles. The van der Waals surface area contributed by atoms with E-state index in [1.165, 1.54) is 0 Å². The fraction of sp³-hybridized carbons (Fsp3) is 0.105. The Morgan fingerprint density at radius 1 is 1.00 bits per heavy atom. The van der Waals surface area contributed by atoms with Crippen molar-refractivity contribution in [2.75, 3.05) is 7.11 Å². The molecule has 0 bridgehead atoms. The van der Waals surface area contributed by atoms with Gasteiger partial charge < -0.3 is 9.84 Å². The molecule has 0 saturated carbocycles. The lowest BCUT2D eigenvalue weighted by Crippen LogP contribution is -1.94. The number of rotatable bonds is 3. The normalized spacial score (nSPS) is 11.0. The van der Waals surface area contributed by atoms with Gasteiger partial charge in [-0.2, -0.15) is 5.10 Å². The summed E-state index contributed by atoms with van der Waals surface area (Å²) in [7, 11) is 1.60. The summed E-state index contributed by atoms with van der Waals surface area (Å²) in [5.74, 6) is 1.38. The molecule has 6 nitrogen and oxygen atoms in total. The number of para-hydroxylation sites is 1. The van der Waals surface area contributed by atoms with Gasteiger partial charge in [0.05, 0.1) is 18.2 Å². The van der Waals surface area contributed by atoms with E-state index in [9.17, 15) is 5.11 Å². The molecule has 6 heteroatoms. The van der Waals surface area contributed by atoms with E-state index in [0.29, 0.717) is 28.5 Å². The van der Waals surface area contributed by atoms with E-state index in [4.69, 9.17) is 9.72 Å². The van der Waals surface area contributed by atoms with Gasteiger partial charge in [-0.05, 0) is 42.8 Å². The van der Waals surface area contributed by atoms with E-state index in [2.05, 4.69) is 10.1 Å². The molecule has 0 saturated heterocycles. The van der Waals surface area contributed by atoms with Crippen LogP contribution in [0.4, 0.5) is 0 Å². The van der Waals surface area contributed by atoms with Gasteiger partial charge in [0, 0.05) is 12.4 Å². The Bertz CT molecular complexity index is 1070. The first-order valence-electron chi connectivity index (χ1n) is 7.83. The molecule has 0 atom stereocenters. The number of aromatic hydroxyl groups is 1. The van der Waals surface area contributed by atoms with Gasteiger partial charge in [0.25, 0.3) is 0 Å². The molecule has 1 N–H and O–H groups in total. The van der Waals surface area contributed by atoms with Crippen molar-refractivity contribution >= 4 is 5.52 Å². The minimum absolute atomic E-state index is 0.194. The maximum absolute atomic E-state index is 10.5. The van der Waals surface area contributed by atoms with Crippen LogP contribution in [0.5, 0.6) is 11.5 Å². The molecular formula is C19H16N4O2. The van der Waals surface area contributed by atoms with Gasteiger partial charge in [-0.25, -0.2) is 9.50 Å². The highest BCUT2D eigenvalue weighted by atomic mass is 16.5. The van der Waals surface area contributed by atoms with Gasteiger partial charge in [-0.1, -0.05) is 12.1 Å². The summed E-state index contributed by atoms with van der Waals surface area (Å²) >= 11 is 0. The maximum Gasteiger partial charge on any atom is 0.165 e. The van der Waals surface area contributed by atoms with Crippen LogP contribution in [0, 0.1) is 6.92 Å². The van der Waals surface area contributed by atoms with Crippen LogP contribution in [0.1, 0.15) is 5.56 Å². The highest BCUT2D eigenvalue weighted by Gasteiger charge is 2.20. The third-order valence-corrected chi connectivity index (χ3v) is 4.11. The van der Waals surface area contributed by atoms with Gasteiger partial charge in [0.15, 0.2) is 5.82 Å². The average Bonchev–Trinajstić information content (AvgIpc) is 3.03. The number of phenols is 1. The van der Waals surface area contributed by atoms with E-state index >= 15 is 0 Å². The van der Waals surface area contributed by atoms with Crippen LogP contribution in [0.15, 0.2) is 54.9 Å². The predicted octanol–water partition coefficient (Wildman–Crippen LogP) is 3.48. The van der Waals surface area contributed by atoms with Gasteiger partial charge in [-0.15, -0.1) is 0 Å². The van der Waals surface area contributed by atoms with E-state index < -0.39 is 0 Å². The average molecular weight is 332 g/mol. The number of phenolic OH excluding ortho intramolecular Hbond substituents is 1. The Morgan fingerprint density at radius 3 is 2.68 bits per heavy atom. The van der Waals surface area contributed by atoms with Crippen molar-refractivity contribution in [1.82, 2.24) is 19.6 Å². The van der Waals surface area contributed by atoms with Gasteiger partial charge in [0.2, 0.25) is 0 Å². The molecule has 0 aliphatic rings. The van der Waals surface area contributed by atoms with Crippen molar-refractivity contribution in [1.29, 1.82) is 0 Å². The fourth-order valence-corrected chi connectivity index (χ4v) is 2.85. The van der Waals surface area contributed by atoms with E-state index in [1.54, 1.807) is 24.0 Å². The molecule has 0 aliphatic carbocycles. The smallest absolute Gasteiger partial charge is 0.165 e. The maximum atomic E-state index is 10.5. The lowest BCUT2D eigenvalue weighted by molar-refractivity contribution is 0.414. The molecule has 0 aliphatic heterocycles. The summed E-state index contributed by atoms with van der Waals surface area (Å²) in [4.78, 5) is 9.16. The number of ether oxygens (including phenoxy) is 1. The Morgan fingerprint density at radius 2 is 1.84 bits per heavy atom. The number of fused-ring (bicyclic) bond motifs is 1. The zero-order valence-electron chi connectivity index (χ0n) is 13.8. The Hall–Kier alpha value is -3.41. The van der Waals surface area contributed by atoms with Crippen molar-refractivity contribution in [3.8, 4) is 34.3 Å². The van der Waals surface area contributed by atoms with Gasteiger partial charge in [-0.3, -0.25) is 4.98 Å². The van der Waals surface area contributed by atoms with Crippen molar-refractivity contribution in [3.63, 3.8) is 0 Å². The first kappa shape index (κ1) is 15.1. The summed E-state index contributed by atoms with van der Waals surface area (Å²) in [6.45, 7) is 1.85. The number of aromatic nitrogens is 4. The first-order valence-corrected chi connectivity index (χ1v) is 7.83. The SMILES string of the molecule is COc1cccnc1-c1nc(-c2cccc(C)c2O)n2ncccc12. The molecule has 0 spiro atoms. The summed E-state index contributed by atoms with van der Waals surface area (Å²) < 4.78 is 7.13. The van der Waals surface area contributed by atoms with Crippen LogP contribution in [0.3, 0.4) is 0 Å². The minimum atomic E-state index is 0.194. The number of nitrogens with zero attached hydrogens (tertiary/aromatic N) is 4. The molecule has 3 heterocycles. The lowest BCUT2D eigenvalue weighted by atomic mass is 10.1. The summed E-state index contributed by atoms with van der Waals surface area (Å²) in [5, 5.41) is 14.9. The van der Waals surface area contributed by atoms with E-state index in [-0.39, 0.29) is 5.75 Å². The first-order chi connectivity index (χ1) is 12.2. The third-order valence-electron chi connectivity index (χ3n) is 4.11. The van der Waals surface area contributed by atoms with Crippen molar-refractivity contribution in [2.24, 2.45) is 0 Å². The topological polar surface area (TPSA) is 72.5 Å². The zero-order valence-corrected chi connectivity index (χ0v) is 13.8. The molecule has 25 heavy (non-hydrogen) atoms. The second-order valence-corrected chi connectivity index (χ2v) is 5.63. The van der Waals surface area contributed by atoms with Crippen LogP contribution in [0.2, 0.25) is 0 Å². The molecule has 1 aromatic carbocycles. The molecule has 4 aromatic rings. The number of hydrogen-bond acceptors (Lipinski definition) is 5. The largest absolute Gasteiger partial charge is 0.507 e. The highest BCUT2D eigenvalue weighted by Crippen LogP contribution is 2.36. The monoisotopic (exact) mass is 332 g/mol. The number of methoxy groups -OCH3 is 1. The van der Waals surface area contributed by atoms with E-state index in [1.807, 2.05) is 49.4 Å². The minimum Gasteiger partial charge on any atom is -0.507 e. The van der Waals surface area contributed by atoms with Crippen molar-refractivity contribution in [3.05, 3.63) is 60.4 Å². The Labute approximate surface area is 144 Å². The molecule has 0 fully saturated rings. The molecule has 124 valence electrons. The zero-order chi connectivity index (χ0) is 17.4. The van der Waals surface area contributed by atoms with Crippen LogP contribution in [-0.2, 0) is 0 Å². The van der Waals surface area contributed by atoms with Crippen LogP contribution in [0.25, 0.3) is 28.3 Å². The molecule has 0 radical (unpaired) electrons. The predicted molar refractivity (Wildman–Crippen MR) is 94.6 cm³/mol. The second kappa shape index (κ2) is 5.90. The van der Waals surface area contributed by atoms with Gasteiger partial charge in [0.1, 0.15) is 22.9 Å². The second-order valence-electron chi connectivity index (χ2n) is 5.63. The molecule has 0 unspecified atom stereocenters. The quantitative estimate of drug-likeness (QED) is 0.622. The van der Waals surface area contributed by atoms with Crippen molar-refractivity contribution in [2.45, 2.75) is 6.92 Å². The van der Waals surface area contributed by atoms with Gasteiger partial charge >= 0.3 is 0 Å². The summed E-state index contributed by atoms with van der Waals surface area (Å²) in [6.07, 6.45) is 3.38. The third kappa shape index (κ3) is 2.39. The van der Waals surface area contributed by atoms with Crippen LogP contribution < -0.4 is 4.74 Å². The molecular weight excluding hydrogens is 316 g/mol. The highest BCUT2D eigenvalue weighted by molar-refractivity contribution is 5.82. The number of benzene rings is 1.